The Hall–Kier alpha value is -1.18. The third-order valence-electron chi connectivity index (χ3n) is 5.15. The molecule has 0 amide bonds. The fourth-order valence-electron chi connectivity index (χ4n) is 2.46. The third kappa shape index (κ3) is 9.18. The third-order valence-corrected chi connectivity index (χ3v) is 5.15. The van der Waals surface area contributed by atoms with Gasteiger partial charge in [0.05, 0.1) is 22.5 Å². The lowest BCUT2D eigenvalue weighted by Crippen LogP contribution is -2.47. The summed E-state index contributed by atoms with van der Waals surface area (Å²) in [6.45, 7) is 14.5. The second kappa shape index (κ2) is 11.4. The van der Waals surface area contributed by atoms with Gasteiger partial charge < -0.3 is 26.4 Å². The first-order chi connectivity index (χ1) is 11.6. The van der Waals surface area contributed by atoms with Crippen molar-refractivity contribution in [3.63, 3.8) is 0 Å². The summed E-state index contributed by atoms with van der Waals surface area (Å²) in [5.74, 6) is 0.580. The topological polar surface area (TPSA) is 101 Å². The van der Waals surface area contributed by atoms with E-state index in [9.17, 15) is 0 Å². The van der Waals surface area contributed by atoms with Crippen molar-refractivity contribution < 1.29 is 10.4 Å². The Balaban J connectivity index is 4.47. The van der Waals surface area contributed by atoms with Crippen LogP contribution in [0.2, 0.25) is 0 Å². The summed E-state index contributed by atoms with van der Waals surface area (Å²) in [4.78, 5) is 0. The van der Waals surface area contributed by atoms with Crippen LogP contribution in [0.5, 0.6) is 0 Å². The van der Waals surface area contributed by atoms with E-state index in [1.807, 2.05) is 48.6 Å². The number of nitrogens with one attached hydrogen (secondary N) is 3. The molecule has 148 valence electrons. The Bertz CT molecular complexity index is 397. The number of rotatable bonds is 13. The first-order valence-electron chi connectivity index (χ1n) is 9.13. The molecule has 0 fully saturated rings. The molecule has 0 atom stereocenters. The molecule has 0 unspecified atom stereocenters. The van der Waals surface area contributed by atoms with Crippen LogP contribution in [0, 0.1) is 5.92 Å². The molecule has 0 saturated carbocycles. The molecule has 7 heteroatoms. The molecule has 7 nitrogen and oxygen atoms in total. The normalized spacial score (nSPS) is 14.4. The van der Waals surface area contributed by atoms with E-state index in [1.54, 1.807) is 0 Å². The maximum atomic E-state index is 8.96. The molecule has 0 aromatic heterocycles. The van der Waals surface area contributed by atoms with Crippen LogP contribution in [0.15, 0.2) is 10.3 Å². The van der Waals surface area contributed by atoms with Gasteiger partial charge >= 0.3 is 0 Å². The van der Waals surface area contributed by atoms with Gasteiger partial charge in [-0.05, 0) is 93.4 Å². The summed E-state index contributed by atoms with van der Waals surface area (Å²) in [6, 6.07) is 0. The van der Waals surface area contributed by atoms with Crippen molar-refractivity contribution in [1.29, 1.82) is 0 Å². The van der Waals surface area contributed by atoms with Crippen molar-refractivity contribution in [3.8, 4) is 0 Å². The minimum atomic E-state index is -0.308. The number of hydrogen-bond acceptors (Lipinski definition) is 7. The maximum absolute atomic E-state index is 8.96. The van der Waals surface area contributed by atoms with Gasteiger partial charge in [-0.2, -0.15) is 0 Å². The smallest absolute Gasteiger partial charge is 0.0734 e. The second-order valence-electron chi connectivity index (χ2n) is 7.81. The van der Waals surface area contributed by atoms with Gasteiger partial charge in [0.1, 0.15) is 0 Å². The summed E-state index contributed by atoms with van der Waals surface area (Å²) in [6.07, 6.45) is 3.22. The number of nitrogens with zero attached hydrogens (tertiary/aromatic N) is 2. The molecule has 0 aliphatic rings. The fourth-order valence-corrected chi connectivity index (χ4v) is 2.46. The first-order valence-corrected chi connectivity index (χ1v) is 9.13. The van der Waals surface area contributed by atoms with Crippen molar-refractivity contribution in [2.24, 2.45) is 16.2 Å². The van der Waals surface area contributed by atoms with E-state index in [0.717, 1.165) is 38.9 Å². The van der Waals surface area contributed by atoms with Crippen LogP contribution in [-0.2, 0) is 0 Å². The van der Waals surface area contributed by atoms with Gasteiger partial charge in [-0.15, -0.1) is 0 Å². The Morgan fingerprint density at radius 3 is 1.48 bits per heavy atom. The predicted molar refractivity (Wildman–Crippen MR) is 105 cm³/mol. The van der Waals surface area contributed by atoms with Gasteiger partial charge in [-0.25, -0.2) is 0 Å². The highest BCUT2D eigenvalue weighted by molar-refractivity contribution is 5.90. The zero-order valence-corrected chi connectivity index (χ0v) is 17.1. The molecule has 0 heterocycles. The van der Waals surface area contributed by atoms with Crippen molar-refractivity contribution in [1.82, 2.24) is 16.0 Å². The molecule has 0 rings (SSSR count). The minimum absolute atomic E-state index is 0.308. The first kappa shape index (κ1) is 23.8. The van der Waals surface area contributed by atoms with E-state index in [1.165, 1.54) is 0 Å². The van der Waals surface area contributed by atoms with Crippen LogP contribution in [0.1, 0.15) is 60.8 Å². The largest absolute Gasteiger partial charge is 0.411 e. The van der Waals surface area contributed by atoms with Crippen LogP contribution in [0.4, 0.5) is 0 Å². The van der Waals surface area contributed by atoms with E-state index in [2.05, 4.69) is 26.3 Å². The Morgan fingerprint density at radius 1 is 0.800 bits per heavy atom. The molecule has 0 saturated heterocycles. The van der Waals surface area contributed by atoms with Gasteiger partial charge in [0.2, 0.25) is 0 Å². The molecule has 25 heavy (non-hydrogen) atoms. The maximum Gasteiger partial charge on any atom is 0.0734 e. The van der Waals surface area contributed by atoms with Crippen LogP contribution in [0.3, 0.4) is 0 Å². The van der Waals surface area contributed by atoms with E-state index in [-0.39, 0.29) is 11.1 Å². The predicted octanol–water partition coefficient (Wildman–Crippen LogP) is 2.43. The summed E-state index contributed by atoms with van der Waals surface area (Å²) in [7, 11) is 1.97. The van der Waals surface area contributed by atoms with Crippen LogP contribution in [-0.4, -0.2) is 59.6 Å². The molecule has 0 aliphatic heterocycles. The van der Waals surface area contributed by atoms with Crippen molar-refractivity contribution in [3.05, 3.63) is 0 Å². The van der Waals surface area contributed by atoms with Crippen LogP contribution >= 0.6 is 0 Å². The highest BCUT2D eigenvalue weighted by atomic mass is 16.4. The standard InChI is InChI=1S/C18H39N5O2/c1-14(22-24)17(3,4)20-12-9-16(8-11-19-7)10-13-21-18(5,6)15(2)23-25/h16,19-21,24-25H,8-13H2,1-7H3/b22-14-,23-15-. The van der Waals surface area contributed by atoms with E-state index in [4.69, 9.17) is 10.4 Å². The van der Waals surface area contributed by atoms with Crippen molar-refractivity contribution in [2.45, 2.75) is 71.9 Å². The summed E-state index contributed by atoms with van der Waals surface area (Å²) in [5.41, 5.74) is 0.747. The number of oxime groups is 2. The highest BCUT2D eigenvalue weighted by Gasteiger charge is 2.23. The van der Waals surface area contributed by atoms with Gasteiger partial charge in [0.25, 0.3) is 0 Å². The van der Waals surface area contributed by atoms with E-state index in [0.29, 0.717) is 17.3 Å². The molecule has 0 aromatic rings. The fraction of sp³-hybridized carbons (Fsp3) is 0.889. The lowest BCUT2D eigenvalue weighted by atomic mass is 9.94. The van der Waals surface area contributed by atoms with Gasteiger partial charge in [0.15, 0.2) is 0 Å². The molecule has 0 aromatic carbocycles. The molecular weight excluding hydrogens is 318 g/mol. The van der Waals surface area contributed by atoms with E-state index < -0.39 is 0 Å². The van der Waals surface area contributed by atoms with Crippen molar-refractivity contribution in [2.75, 3.05) is 26.7 Å². The Labute approximate surface area is 153 Å². The molecule has 5 N–H and O–H groups in total. The average molecular weight is 358 g/mol. The van der Waals surface area contributed by atoms with Crippen LogP contribution < -0.4 is 16.0 Å². The molecule has 0 radical (unpaired) electrons. The Morgan fingerprint density at radius 2 is 1.16 bits per heavy atom. The Kier molecular flexibility index (Phi) is 10.9. The number of hydrogen-bond donors (Lipinski definition) is 5. The molecule has 0 bridgehead atoms. The monoisotopic (exact) mass is 357 g/mol. The lowest BCUT2D eigenvalue weighted by Gasteiger charge is -2.28. The quantitative estimate of drug-likeness (QED) is 0.198. The zero-order chi connectivity index (χ0) is 19.5. The van der Waals surface area contributed by atoms with E-state index >= 15 is 0 Å². The lowest BCUT2D eigenvalue weighted by molar-refractivity contribution is 0.306. The van der Waals surface area contributed by atoms with Crippen LogP contribution in [0.25, 0.3) is 0 Å². The second-order valence-corrected chi connectivity index (χ2v) is 7.81. The molecule has 0 aliphatic carbocycles. The van der Waals surface area contributed by atoms with Gasteiger partial charge in [-0.1, -0.05) is 10.3 Å². The summed E-state index contributed by atoms with van der Waals surface area (Å²) in [5, 5.41) is 34.7. The zero-order valence-electron chi connectivity index (χ0n) is 17.1. The SMILES string of the molecule is CNCCC(CCNC(C)(C)/C(C)=N\O)CCNC(C)(C)/C(C)=N\O. The van der Waals surface area contributed by atoms with Gasteiger partial charge in [-0.3, -0.25) is 0 Å². The minimum Gasteiger partial charge on any atom is -0.411 e. The molecular formula is C18H39N5O2. The summed E-state index contributed by atoms with van der Waals surface area (Å²) >= 11 is 0. The van der Waals surface area contributed by atoms with Gasteiger partial charge in [0, 0.05) is 0 Å². The molecule has 0 spiro atoms. The average Bonchev–Trinajstić information content (AvgIpc) is 2.57. The van der Waals surface area contributed by atoms with Crippen molar-refractivity contribution >= 4 is 11.4 Å². The summed E-state index contributed by atoms with van der Waals surface area (Å²) < 4.78 is 0. The highest BCUT2D eigenvalue weighted by Crippen LogP contribution is 2.15.